The van der Waals surface area contributed by atoms with E-state index in [2.05, 4.69) is 15.9 Å². The van der Waals surface area contributed by atoms with Gasteiger partial charge in [0.05, 0.1) is 17.5 Å². The lowest BCUT2D eigenvalue weighted by Gasteiger charge is -2.03. The minimum absolute atomic E-state index is 0.0171. The third-order valence-corrected chi connectivity index (χ3v) is 2.18. The molecule has 0 saturated carbocycles. The van der Waals surface area contributed by atoms with E-state index in [1.165, 1.54) is 12.1 Å². The lowest BCUT2D eigenvalue weighted by atomic mass is 10.1. The van der Waals surface area contributed by atoms with E-state index in [-0.39, 0.29) is 22.2 Å². The summed E-state index contributed by atoms with van der Waals surface area (Å²) in [6.07, 6.45) is 0. The van der Waals surface area contributed by atoms with Crippen molar-refractivity contribution in [2.75, 3.05) is 5.33 Å². The fourth-order valence-corrected chi connectivity index (χ4v) is 1.29. The average Bonchev–Trinajstić information content (AvgIpc) is 2.17. The van der Waals surface area contributed by atoms with Gasteiger partial charge in [-0.2, -0.15) is 0 Å². The molecule has 1 aromatic rings. The molecule has 0 spiro atoms. The van der Waals surface area contributed by atoms with Crippen molar-refractivity contribution in [1.82, 2.24) is 0 Å². The zero-order chi connectivity index (χ0) is 9.84. The smallest absolute Gasteiger partial charge is 0.176 e. The maximum Gasteiger partial charge on any atom is 0.176 e. The van der Waals surface area contributed by atoms with Crippen molar-refractivity contribution in [3.05, 3.63) is 35.1 Å². The molecule has 0 aliphatic heterocycles. The number of carbonyl (C=O) groups is 1. The molecule has 0 unspecified atom stereocenters. The molecule has 4 heteroatoms. The second kappa shape index (κ2) is 4.48. The molecule has 0 amide bonds. The average molecular weight is 247 g/mol. The van der Waals surface area contributed by atoms with Crippen LogP contribution in [0, 0.1) is 5.82 Å². The van der Waals surface area contributed by atoms with Crippen molar-refractivity contribution in [2.45, 2.75) is 6.61 Å². The van der Waals surface area contributed by atoms with Crippen molar-refractivity contribution in [2.24, 2.45) is 0 Å². The number of benzene rings is 1. The molecule has 0 atom stereocenters. The number of hydrogen-bond acceptors (Lipinski definition) is 2. The summed E-state index contributed by atoms with van der Waals surface area (Å²) in [6, 6.07) is 4.39. The third kappa shape index (κ3) is 2.14. The van der Waals surface area contributed by atoms with Crippen LogP contribution in [0.4, 0.5) is 4.39 Å². The summed E-state index contributed by atoms with van der Waals surface area (Å²) in [6.45, 7) is -0.394. The first-order valence-electron chi connectivity index (χ1n) is 3.68. The Balaban J connectivity index is 3.15. The Morgan fingerprint density at radius 1 is 1.54 bits per heavy atom. The molecule has 2 nitrogen and oxygen atoms in total. The lowest BCUT2D eigenvalue weighted by molar-refractivity contribution is 0.101. The van der Waals surface area contributed by atoms with Gasteiger partial charge in [0.2, 0.25) is 0 Å². The number of alkyl halides is 1. The first-order chi connectivity index (χ1) is 6.20. The molecule has 0 aliphatic carbocycles. The number of rotatable bonds is 3. The van der Waals surface area contributed by atoms with Gasteiger partial charge in [0.25, 0.3) is 0 Å². The highest BCUT2D eigenvalue weighted by atomic mass is 79.9. The normalized spacial score (nSPS) is 10.1. The first kappa shape index (κ1) is 10.3. The molecule has 0 radical (unpaired) electrons. The monoisotopic (exact) mass is 246 g/mol. The fourth-order valence-electron chi connectivity index (χ4n) is 0.989. The second-order valence-electron chi connectivity index (χ2n) is 2.49. The molecule has 1 aromatic carbocycles. The quantitative estimate of drug-likeness (QED) is 0.654. The first-order valence-corrected chi connectivity index (χ1v) is 4.80. The molecule has 13 heavy (non-hydrogen) atoms. The number of carbonyl (C=O) groups excluding carboxylic acids is 1. The van der Waals surface area contributed by atoms with Crippen molar-refractivity contribution in [3.8, 4) is 0 Å². The number of halogens is 2. The predicted molar refractivity (Wildman–Crippen MR) is 50.4 cm³/mol. The number of aliphatic hydroxyl groups excluding tert-OH is 1. The zero-order valence-corrected chi connectivity index (χ0v) is 8.34. The summed E-state index contributed by atoms with van der Waals surface area (Å²) in [4.78, 5) is 11.1. The SMILES string of the molecule is O=C(CBr)c1cccc(CO)c1F. The fraction of sp³-hybridized carbons (Fsp3) is 0.222. The Labute approximate surface area is 83.5 Å². The lowest BCUT2D eigenvalue weighted by Crippen LogP contribution is -2.05. The Morgan fingerprint density at radius 2 is 2.23 bits per heavy atom. The van der Waals surface area contributed by atoms with E-state index in [0.29, 0.717) is 0 Å². The van der Waals surface area contributed by atoms with Crippen LogP contribution in [0.3, 0.4) is 0 Å². The van der Waals surface area contributed by atoms with Crippen molar-refractivity contribution < 1.29 is 14.3 Å². The Hall–Kier alpha value is -0.740. The van der Waals surface area contributed by atoms with Crippen LogP contribution in [0.2, 0.25) is 0 Å². The topological polar surface area (TPSA) is 37.3 Å². The molecule has 1 rings (SSSR count). The van der Waals surface area contributed by atoms with E-state index in [1.807, 2.05) is 0 Å². The Kier molecular flexibility index (Phi) is 3.57. The highest BCUT2D eigenvalue weighted by Crippen LogP contribution is 2.14. The second-order valence-corrected chi connectivity index (χ2v) is 3.05. The van der Waals surface area contributed by atoms with E-state index in [4.69, 9.17) is 5.11 Å². The van der Waals surface area contributed by atoms with Crippen LogP contribution < -0.4 is 0 Å². The van der Waals surface area contributed by atoms with Gasteiger partial charge >= 0.3 is 0 Å². The van der Waals surface area contributed by atoms with Gasteiger partial charge in [0.15, 0.2) is 5.78 Å². The molecule has 70 valence electrons. The van der Waals surface area contributed by atoms with E-state index in [1.54, 1.807) is 6.07 Å². The van der Waals surface area contributed by atoms with Gasteiger partial charge in [-0.05, 0) is 6.07 Å². The maximum absolute atomic E-state index is 13.3. The summed E-state index contributed by atoms with van der Waals surface area (Å²) < 4.78 is 13.3. The maximum atomic E-state index is 13.3. The summed E-state index contributed by atoms with van der Waals surface area (Å²) in [7, 11) is 0. The van der Waals surface area contributed by atoms with E-state index < -0.39 is 12.4 Å². The third-order valence-electron chi connectivity index (χ3n) is 1.67. The minimum atomic E-state index is -0.630. The molecule has 0 saturated heterocycles. The van der Waals surface area contributed by atoms with Gasteiger partial charge < -0.3 is 5.11 Å². The molecule has 1 N–H and O–H groups in total. The van der Waals surface area contributed by atoms with Crippen LogP contribution in [0.1, 0.15) is 15.9 Å². The van der Waals surface area contributed by atoms with Gasteiger partial charge in [-0.1, -0.05) is 28.1 Å². The summed E-state index contributed by atoms with van der Waals surface area (Å²) in [5, 5.41) is 8.82. The van der Waals surface area contributed by atoms with Crippen molar-refractivity contribution in [3.63, 3.8) is 0 Å². The van der Waals surface area contributed by atoms with Gasteiger partial charge in [0, 0.05) is 5.56 Å². The summed E-state index contributed by atoms with van der Waals surface area (Å²) >= 11 is 2.95. The molecule has 0 aromatic heterocycles. The largest absolute Gasteiger partial charge is 0.392 e. The Morgan fingerprint density at radius 3 is 2.77 bits per heavy atom. The molecular weight excluding hydrogens is 239 g/mol. The Bertz CT molecular complexity index is 325. The van der Waals surface area contributed by atoms with E-state index in [0.717, 1.165) is 0 Å². The highest BCUT2D eigenvalue weighted by Gasteiger charge is 2.12. The number of hydrogen-bond donors (Lipinski definition) is 1. The van der Waals surface area contributed by atoms with Crippen LogP contribution in [0.15, 0.2) is 18.2 Å². The minimum Gasteiger partial charge on any atom is -0.392 e. The molecule has 0 bridgehead atoms. The molecule has 0 fully saturated rings. The molecule has 0 heterocycles. The van der Waals surface area contributed by atoms with E-state index in [9.17, 15) is 9.18 Å². The van der Waals surface area contributed by atoms with Crippen LogP contribution in [-0.2, 0) is 6.61 Å². The number of aliphatic hydroxyl groups is 1. The summed E-state index contributed by atoms with van der Waals surface area (Å²) in [5.74, 6) is -0.956. The van der Waals surface area contributed by atoms with Gasteiger partial charge in [-0.25, -0.2) is 4.39 Å². The van der Waals surface area contributed by atoms with Crippen molar-refractivity contribution >= 4 is 21.7 Å². The highest BCUT2D eigenvalue weighted by molar-refractivity contribution is 9.09. The summed E-state index contributed by atoms with van der Waals surface area (Å²) in [5.41, 5.74) is 0.162. The van der Waals surface area contributed by atoms with E-state index >= 15 is 0 Å². The molecular formula is C9H8BrFO2. The molecule has 0 aliphatic rings. The van der Waals surface area contributed by atoms with Crippen molar-refractivity contribution in [1.29, 1.82) is 0 Å². The standard InChI is InChI=1S/C9H8BrFO2/c10-4-8(13)7-3-1-2-6(5-12)9(7)11/h1-3,12H,4-5H2. The van der Waals surface area contributed by atoms with Gasteiger partial charge in [-0.15, -0.1) is 0 Å². The zero-order valence-electron chi connectivity index (χ0n) is 6.76. The predicted octanol–water partition coefficient (Wildman–Crippen LogP) is 1.90. The van der Waals surface area contributed by atoms with Crippen LogP contribution in [-0.4, -0.2) is 16.2 Å². The van der Waals surface area contributed by atoms with Gasteiger partial charge in [-0.3, -0.25) is 4.79 Å². The van der Waals surface area contributed by atoms with Gasteiger partial charge in [0.1, 0.15) is 5.82 Å². The number of ketones is 1. The van der Waals surface area contributed by atoms with Crippen LogP contribution in [0.25, 0.3) is 0 Å². The van der Waals surface area contributed by atoms with Crippen LogP contribution in [0.5, 0.6) is 0 Å². The number of Topliss-reactive ketones (excluding diaryl/α,β-unsaturated/α-hetero) is 1. The van der Waals surface area contributed by atoms with Crippen LogP contribution >= 0.6 is 15.9 Å².